The molecule has 0 radical (unpaired) electrons. The number of urea groups is 1. The molecule has 1 aromatic carbocycles. The van der Waals surface area contributed by atoms with Gasteiger partial charge in [0.1, 0.15) is 11.3 Å². The number of alkyl halides is 3. The minimum atomic E-state index is -4.88. The number of hydrogen-bond donors (Lipinski definition) is 2. The number of aromatic nitrogens is 1. The Morgan fingerprint density at radius 3 is 2.41 bits per heavy atom. The summed E-state index contributed by atoms with van der Waals surface area (Å²) in [7, 11) is 1.47. The topological polar surface area (TPSA) is 121 Å². The molecule has 1 aliphatic rings. The molecular formula is C21H23F3N6O4. The third kappa shape index (κ3) is 5.18. The van der Waals surface area contributed by atoms with E-state index in [4.69, 9.17) is 0 Å². The Bertz CT molecular complexity index is 1090. The van der Waals surface area contributed by atoms with Crippen molar-refractivity contribution in [3.8, 4) is 0 Å². The monoisotopic (exact) mass is 480 g/mol. The van der Waals surface area contributed by atoms with Crippen molar-refractivity contribution in [2.45, 2.75) is 32.1 Å². The second-order valence-corrected chi connectivity index (χ2v) is 7.90. The van der Waals surface area contributed by atoms with Crippen molar-refractivity contribution in [1.29, 1.82) is 0 Å². The molecule has 0 saturated carbocycles. The molecule has 2 aromatic rings. The number of carbonyl (C=O) groups is 2. The van der Waals surface area contributed by atoms with Crippen LogP contribution in [0.4, 0.5) is 35.0 Å². The highest BCUT2D eigenvalue weighted by Crippen LogP contribution is 2.39. The highest BCUT2D eigenvalue weighted by molar-refractivity contribution is 5.93. The maximum Gasteiger partial charge on any atom is 0.423 e. The highest BCUT2D eigenvalue weighted by atomic mass is 19.4. The van der Waals surface area contributed by atoms with Crippen LogP contribution in [0.1, 0.15) is 29.9 Å². The molecular weight excluding hydrogens is 457 g/mol. The molecule has 1 aromatic heterocycles. The number of anilines is 2. The molecule has 2 atom stereocenters. The third-order valence-electron chi connectivity index (χ3n) is 5.54. The zero-order chi connectivity index (χ0) is 25.2. The number of pyridine rings is 1. The van der Waals surface area contributed by atoms with Crippen LogP contribution >= 0.6 is 0 Å². The van der Waals surface area contributed by atoms with Crippen LogP contribution in [0.2, 0.25) is 0 Å². The van der Waals surface area contributed by atoms with Gasteiger partial charge in [-0.05, 0) is 38.1 Å². The van der Waals surface area contributed by atoms with Crippen LogP contribution in [0, 0.1) is 10.1 Å². The number of piperazine rings is 1. The molecule has 10 nitrogen and oxygen atoms in total. The maximum atomic E-state index is 13.4. The van der Waals surface area contributed by atoms with Crippen molar-refractivity contribution in [1.82, 2.24) is 15.2 Å². The first kappa shape index (κ1) is 24.7. The van der Waals surface area contributed by atoms with Gasteiger partial charge in [-0.25, -0.2) is 9.78 Å². The Morgan fingerprint density at radius 2 is 1.85 bits per heavy atom. The van der Waals surface area contributed by atoms with Crippen molar-refractivity contribution in [2.24, 2.45) is 0 Å². The summed E-state index contributed by atoms with van der Waals surface area (Å²) < 4.78 is 40.1. The Balaban J connectivity index is 1.74. The van der Waals surface area contributed by atoms with Gasteiger partial charge in [-0.3, -0.25) is 14.9 Å². The number of hydrogen-bond acceptors (Lipinski definition) is 6. The molecule has 1 fully saturated rings. The molecule has 3 rings (SSSR count). The molecule has 13 heteroatoms. The molecule has 3 amide bonds. The van der Waals surface area contributed by atoms with Gasteiger partial charge in [0.2, 0.25) is 0 Å². The van der Waals surface area contributed by atoms with E-state index >= 15 is 0 Å². The Hall–Kier alpha value is -3.90. The van der Waals surface area contributed by atoms with Crippen LogP contribution in [0.3, 0.4) is 0 Å². The van der Waals surface area contributed by atoms with E-state index in [1.165, 1.54) is 31.4 Å². The van der Waals surface area contributed by atoms with Gasteiger partial charge in [0.25, 0.3) is 11.6 Å². The average Bonchev–Trinajstić information content (AvgIpc) is 2.79. The highest BCUT2D eigenvalue weighted by Gasteiger charge is 2.40. The second-order valence-electron chi connectivity index (χ2n) is 7.90. The Kier molecular flexibility index (Phi) is 6.93. The quantitative estimate of drug-likeness (QED) is 0.511. The van der Waals surface area contributed by atoms with Crippen LogP contribution in [-0.2, 0) is 6.18 Å². The number of carbonyl (C=O) groups excluding carboxylic acids is 2. The minimum absolute atomic E-state index is 0.186. The molecule has 0 unspecified atom stereocenters. The van der Waals surface area contributed by atoms with Gasteiger partial charge >= 0.3 is 12.2 Å². The van der Waals surface area contributed by atoms with Crippen LogP contribution < -0.4 is 15.5 Å². The maximum absolute atomic E-state index is 13.4. The van der Waals surface area contributed by atoms with Crippen molar-refractivity contribution in [3.63, 3.8) is 0 Å². The molecule has 1 aliphatic heterocycles. The summed E-state index contributed by atoms with van der Waals surface area (Å²) in [6, 6.07) is 4.75. The lowest BCUT2D eigenvalue weighted by Crippen LogP contribution is -2.59. The van der Waals surface area contributed by atoms with E-state index < -0.39 is 28.4 Å². The SMILES string of the molecule is CNC(=O)c1ccc(NC(=O)N2C[C@H](C)N(c3ccc([N+](=O)[O-])c(C(F)(F)F)c3)C[C@H]2C)cn1. The summed E-state index contributed by atoms with van der Waals surface area (Å²) in [5.41, 5.74) is -1.57. The van der Waals surface area contributed by atoms with Crippen molar-refractivity contribution in [3.05, 3.63) is 57.9 Å². The summed E-state index contributed by atoms with van der Waals surface area (Å²) in [5.74, 6) is -0.364. The Labute approximate surface area is 192 Å². The average molecular weight is 480 g/mol. The van der Waals surface area contributed by atoms with Crippen molar-refractivity contribution < 1.29 is 27.7 Å². The zero-order valence-corrected chi connectivity index (χ0v) is 18.6. The zero-order valence-electron chi connectivity index (χ0n) is 18.6. The summed E-state index contributed by atoms with van der Waals surface area (Å²) in [6.07, 6.45) is -3.53. The van der Waals surface area contributed by atoms with E-state index in [2.05, 4.69) is 15.6 Å². The van der Waals surface area contributed by atoms with Gasteiger partial charge < -0.3 is 20.4 Å². The van der Waals surface area contributed by atoms with E-state index in [9.17, 15) is 32.9 Å². The number of amides is 3. The van der Waals surface area contributed by atoms with Gasteiger partial charge in [0.15, 0.2) is 0 Å². The summed E-state index contributed by atoms with van der Waals surface area (Å²) in [4.78, 5) is 41.6. The molecule has 34 heavy (non-hydrogen) atoms. The number of nitro benzene ring substituents is 1. The lowest BCUT2D eigenvalue weighted by atomic mass is 10.1. The van der Waals surface area contributed by atoms with Crippen LogP contribution in [-0.4, -0.2) is 59.0 Å². The molecule has 0 spiro atoms. The van der Waals surface area contributed by atoms with E-state index in [0.717, 1.165) is 12.1 Å². The molecule has 1 saturated heterocycles. The lowest BCUT2D eigenvalue weighted by Gasteiger charge is -2.45. The fraction of sp³-hybridized carbons (Fsp3) is 0.381. The largest absolute Gasteiger partial charge is 0.423 e. The van der Waals surface area contributed by atoms with Crippen molar-refractivity contribution >= 4 is 29.0 Å². The summed E-state index contributed by atoms with van der Waals surface area (Å²) >= 11 is 0. The predicted octanol–water partition coefficient (Wildman–Crippen LogP) is 3.50. The molecule has 2 heterocycles. The van der Waals surface area contributed by atoms with E-state index in [0.29, 0.717) is 5.69 Å². The predicted molar refractivity (Wildman–Crippen MR) is 118 cm³/mol. The van der Waals surface area contributed by atoms with Crippen molar-refractivity contribution in [2.75, 3.05) is 30.4 Å². The number of nitro groups is 1. The van der Waals surface area contributed by atoms with Gasteiger partial charge in [-0.1, -0.05) is 0 Å². The molecule has 0 aliphatic carbocycles. The molecule has 0 bridgehead atoms. The first-order valence-electron chi connectivity index (χ1n) is 10.3. The van der Waals surface area contributed by atoms with Gasteiger partial charge in [-0.2, -0.15) is 13.2 Å². The number of nitrogens with zero attached hydrogens (tertiary/aromatic N) is 4. The number of rotatable bonds is 4. The van der Waals surface area contributed by atoms with Gasteiger partial charge in [0.05, 0.1) is 16.8 Å². The molecule has 2 N–H and O–H groups in total. The number of benzene rings is 1. The fourth-order valence-electron chi connectivity index (χ4n) is 3.78. The molecule has 182 valence electrons. The van der Waals surface area contributed by atoms with Crippen LogP contribution in [0.5, 0.6) is 0 Å². The first-order chi connectivity index (χ1) is 15.9. The second kappa shape index (κ2) is 9.53. The van der Waals surface area contributed by atoms with Gasteiger partial charge in [0, 0.05) is 44.0 Å². The van der Waals surface area contributed by atoms with E-state index in [1.54, 1.807) is 23.6 Å². The first-order valence-corrected chi connectivity index (χ1v) is 10.3. The third-order valence-corrected chi connectivity index (χ3v) is 5.54. The number of nitrogens with one attached hydrogen (secondary N) is 2. The van der Waals surface area contributed by atoms with Crippen LogP contribution in [0.15, 0.2) is 36.5 Å². The Morgan fingerprint density at radius 1 is 1.15 bits per heavy atom. The standard InChI is InChI=1S/C21H23F3N6O4/c1-12-11-29(20(32)27-14-4-6-17(26-9-14)19(31)25-3)13(2)10-28(12)15-5-7-18(30(33)34)16(8-15)21(22,23)24/h4-9,12-13H,10-11H2,1-3H3,(H,25,31)(H,27,32)/t12-,13+/m0/s1. The summed E-state index contributed by atoms with van der Waals surface area (Å²) in [6.45, 7) is 3.93. The lowest BCUT2D eigenvalue weighted by molar-refractivity contribution is -0.388. The smallest absolute Gasteiger partial charge is 0.365 e. The normalized spacial score (nSPS) is 18.4. The summed E-state index contributed by atoms with van der Waals surface area (Å²) in [5, 5.41) is 16.2. The van der Waals surface area contributed by atoms with E-state index in [-0.39, 0.29) is 42.5 Å². The van der Waals surface area contributed by atoms with Crippen LogP contribution in [0.25, 0.3) is 0 Å². The fourth-order valence-corrected chi connectivity index (χ4v) is 3.78. The van der Waals surface area contributed by atoms with E-state index in [1.807, 2.05) is 0 Å². The number of halogens is 3. The van der Waals surface area contributed by atoms with Gasteiger partial charge in [-0.15, -0.1) is 0 Å². The minimum Gasteiger partial charge on any atom is -0.365 e.